The Morgan fingerprint density at radius 2 is 1.09 bits per heavy atom. The summed E-state index contributed by atoms with van der Waals surface area (Å²) >= 11 is 5.93. The Labute approximate surface area is 147 Å². The molecule has 0 unspecified atom stereocenters. The summed E-state index contributed by atoms with van der Waals surface area (Å²) < 4.78 is 8.84. The summed E-state index contributed by atoms with van der Waals surface area (Å²) in [5.74, 6) is 0. The average Bonchev–Trinajstić information content (AvgIpc) is 3.21. The molecule has 0 atom stereocenters. The van der Waals surface area contributed by atoms with Gasteiger partial charge >= 0.3 is 0 Å². The van der Waals surface area contributed by atoms with Crippen molar-refractivity contribution in [2.75, 3.05) is 0 Å². The fourth-order valence-electron chi connectivity index (χ4n) is 3.28. The third-order valence-corrected chi connectivity index (χ3v) is 8.63. The van der Waals surface area contributed by atoms with Crippen LogP contribution in [0.3, 0.4) is 0 Å². The van der Waals surface area contributed by atoms with Gasteiger partial charge in [0.1, 0.15) is 0 Å². The van der Waals surface area contributed by atoms with E-state index in [1.54, 1.807) is 0 Å². The Bertz CT molecular complexity index is 1090. The van der Waals surface area contributed by atoms with Gasteiger partial charge in [0.25, 0.3) is 0 Å². The SMILES string of the molecule is CCc1ccc2c(c1)sc1c2sc2c3ccc(CC)cc3sc21. The minimum absolute atomic E-state index is 1.11. The minimum Gasteiger partial charge on any atom is -0.133 e. The van der Waals surface area contributed by atoms with Crippen molar-refractivity contribution in [3.8, 4) is 0 Å². The molecule has 0 radical (unpaired) electrons. The molecule has 3 aromatic heterocycles. The molecule has 23 heavy (non-hydrogen) atoms. The highest BCUT2D eigenvalue weighted by atomic mass is 32.1. The van der Waals surface area contributed by atoms with Crippen LogP contribution in [0.4, 0.5) is 0 Å². The lowest BCUT2D eigenvalue weighted by atomic mass is 10.1. The van der Waals surface area contributed by atoms with E-state index in [0.29, 0.717) is 0 Å². The van der Waals surface area contributed by atoms with Crippen LogP contribution in [0.1, 0.15) is 25.0 Å². The first-order valence-corrected chi connectivity index (χ1v) is 10.5. The molecule has 2 aromatic carbocycles. The van der Waals surface area contributed by atoms with Crippen LogP contribution in [0.2, 0.25) is 0 Å². The minimum atomic E-state index is 1.11. The largest absolute Gasteiger partial charge is 0.133 e. The molecule has 0 spiro atoms. The monoisotopic (exact) mass is 352 g/mol. The van der Waals surface area contributed by atoms with E-state index in [-0.39, 0.29) is 0 Å². The van der Waals surface area contributed by atoms with Crippen molar-refractivity contribution in [3.05, 3.63) is 47.5 Å². The molecular weight excluding hydrogens is 336 g/mol. The van der Waals surface area contributed by atoms with E-state index in [4.69, 9.17) is 0 Å². The second-order valence-electron chi connectivity index (χ2n) is 5.99. The standard InChI is InChI=1S/C20H16S3/c1-3-11-5-7-13-15(9-11)21-19-17(13)23-18-14-8-6-12(4-2)10-16(14)22-20(18)19/h5-10H,3-4H2,1-2H3. The van der Waals surface area contributed by atoms with Crippen LogP contribution in [0.25, 0.3) is 39.0 Å². The number of hydrogen-bond acceptors (Lipinski definition) is 3. The molecule has 0 nitrogen and oxygen atoms in total. The lowest BCUT2D eigenvalue weighted by Crippen LogP contribution is -1.76. The van der Waals surface area contributed by atoms with Crippen LogP contribution in [-0.4, -0.2) is 0 Å². The fraction of sp³-hybridized carbons (Fsp3) is 0.200. The summed E-state index contributed by atoms with van der Waals surface area (Å²) in [5, 5.41) is 2.88. The maximum Gasteiger partial charge on any atom is 0.0642 e. The van der Waals surface area contributed by atoms with Crippen molar-refractivity contribution in [1.29, 1.82) is 0 Å². The maximum absolute atomic E-state index is 2.38. The summed E-state index contributed by atoms with van der Waals surface area (Å²) in [6.45, 7) is 4.46. The molecule has 0 saturated carbocycles. The van der Waals surface area contributed by atoms with E-state index in [1.165, 1.54) is 50.1 Å². The summed E-state index contributed by atoms with van der Waals surface area (Å²) in [6.07, 6.45) is 2.22. The Morgan fingerprint density at radius 3 is 1.52 bits per heavy atom. The molecule has 0 N–H and O–H groups in total. The van der Waals surface area contributed by atoms with Crippen LogP contribution in [0.5, 0.6) is 0 Å². The van der Waals surface area contributed by atoms with Crippen LogP contribution >= 0.6 is 34.0 Å². The van der Waals surface area contributed by atoms with Crippen molar-refractivity contribution < 1.29 is 0 Å². The van der Waals surface area contributed by atoms with Gasteiger partial charge in [0, 0.05) is 20.2 Å². The molecule has 0 saturated heterocycles. The van der Waals surface area contributed by atoms with Crippen molar-refractivity contribution in [1.82, 2.24) is 0 Å². The normalized spacial score (nSPS) is 12.3. The fourth-order valence-corrected chi connectivity index (χ4v) is 7.67. The number of rotatable bonds is 2. The van der Waals surface area contributed by atoms with E-state index in [9.17, 15) is 0 Å². The molecule has 0 aliphatic carbocycles. The van der Waals surface area contributed by atoms with Crippen LogP contribution in [0, 0.1) is 0 Å². The van der Waals surface area contributed by atoms with Gasteiger partial charge in [-0.05, 0) is 36.1 Å². The van der Waals surface area contributed by atoms with Crippen molar-refractivity contribution >= 4 is 73.0 Å². The third kappa shape index (κ3) is 1.94. The quantitative estimate of drug-likeness (QED) is 0.307. The molecule has 0 amide bonds. The summed E-state index contributed by atoms with van der Waals surface area (Å²) in [6, 6.07) is 14.0. The Balaban J connectivity index is 1.88. The van der Waals surface area contributed by atoms with Crippen molar-refractivity contribution in [2.24, 2.45) is 0 Å². The highest BCUT2D eigenvalue weighted by Gasteiger charge is 2.16. The predicted molar refractivity (Wildman–Crippen MR) is 109 cm³/mol. The second kappa shape index (κ2) is 5.04. The Morgan fingerprint density at radius 1 is 0.609 bits per heavy atom. The van der Waals surface area contributed by atoms with Gasteiger partial charge in [-0.25, -0.2) is 0 Å². The first-order valence-electron chi connectivity index (χ1n) is 8.07. The number of fused-ring (bicyclic) bond motifs is 7. The summed E-state index contributed by atoms with van der Waals surface area (Å²) in [5.41, 5.74) is 2.87. The molecular formula is C20H16S3. The molecule has 0 fully saturated rings. The zero-order valence-electron chi connectivity index (χ0n) is 13.1. The van der Waals surface area contributed by atoms with E-state index < -0.39 is 0 Å². The van der Waals surface area contributed by atoms with Gasteiger partial charge in [-0.1, -0.05) is 38.1 Å². The van der Waals surface area contributed by atoms with Gasteiger partial charge in [0.05, 0.1) is 18.8 Å². The summed E-state index contributed by atoms with van der Waals surface area (Å²) in [7, 11) is 0. The molecule has 0 aliphatic rings. The van der Waals surface area contributed by atoms with Crippen molar-refractivity contribution in [3.63, 3.8) is 0 Å². The zero-order valence-corrected chi connectivity index (χ0v) is 15.6. The average molecular weight is 353 g/mol. The van der Waals surface area contributed by atoms with Crippen LogP contribution < -0.4 is 0 Å². The molecule has 0 aliphatic heterocycles. The highest BCUT2D eigenvalue weighted by Crippen LogP contribution is 2.50. The lowest BCUT2D eigenvalue weighted by Gasteiger charge is -1.96. The van der Waals surface area contributed by atoms with Crippen LogP contribution in [0.15, 0.2) is 36.4 Å². The van der Waals surface area contributed by atoms with E-state index in [0.717, 1.165) is 12.8 Å². The smallest absolute Gasteiger partial charge is 0.0642 e. The number of aryl methyl sites for hydroxylation is 2. The molecule has 5 aromatic rings. The zero-order chi connectivity index (χ0) is 15.6. The first-order chi connectivity index (χ1) is 11.3. The van der Waals surface area contributed by atoms with Crippen LogP contribution in [-0.2, 0) is 12.8 Å². The Kier molecular flexibility index (Phi) is 3.06. The molecule has 3 heteroatoms. The van der Waals surface area contributed by atoms with E-state index in [1.807, 2.05) is 34.0 Å². The molecule has 0 bridgehead atoms. The number of hydrogen-bond donors (Lipinski definition) is 0. The van der Waals surface area contributed by atoms with Gasteiger partial charge in [0.2, 0.25) is 0 Å². The molecule has 3 heterocycles. The lowest BCUT2D eigenvalue weighted by molar-refractivity contribution is 1.15. The van der Waals surface area contributed by atoms with Gasteiger partial charge < -0.3 is 0 Å². The predicted octanol–water partition coefficient (Wildman–Crippen LogP) is 7.61. The van der Waals surface area contributed by atoms with Gasteiger partial charge in [-0.2, -0.15) is 0 Å². The van der Waals surface area contributed by atoms with Gasteiger partial charge in [0.15, 0.2) is 0 Å². The second-order valence-corrected chi connectivity index (χ2v) is 9.12. The number of thiophene rings is 3. The third-order valence-electron chi connectivity index (χ3n) is 4.64. The van der Waals surface area contributed by atoms with E-state index in [2.05, 4.69) is 50.2 Å². The molecule has 114 valence electrons. The van der Waals surface area contributed by atoms with Crippen molar-refractivity contribution in [2.45, 2.75) is 26.7 Å². The van der Waals surface area contributed by atoms with Gasteiger partial charge in [-0.15, -0.1) is 34.0 Å². The maximum atomic E-state index is 2.38. The highest BCUT2D eigenvalue weighted by molar-refractivity contribution is 7.43. The Hall–Kier alpha value is -1.42. The first kappa shape index (κ1) is 14.0. The van der Waals surface area contributed by atoms with Gasteiger partial charge in [-0.3, -0.25) is 0 Å². The topological polar surface area (TPSA) is 0 Å². The summed E-state index contributed by atoms with van der Waals surface area (Å²) in [4.78, 5) is 0. The number of benzene rings is 2. The molecule has 5 rings (SSSR count). The van der Waals surface area contributed by atoms with E-state index >= 15 is 0 Å².